The molecule has 1 aliphatic rings. The van der Waals surface area contributed by atoms with E-state index in [-0.39, 0.29) is 12.6 Å². The summed E-state index contributed by atoms with van der Waals surface area (Å²) in [6, 6.07) is 9.16. The van der Waals surface area contributed by atoms with E-state index >= 15 is 0 Å². The molecule has 1 amide bonds. The Bertz CT molecular complexity index is 603. The first-order valence-electron chi connectivity index (χ1n) is 8.25. The summed E-state index contributed by atoms with van der Waals surface area (Å²) in [7, 11) is 0. The molecule has 0 aromatic heterocycles. The van der Waals surface area contributed by atoms with E-state index in [1.54, 1.807) is 0 Å². The highest BCUT2D eigenvalue weighted by atomic mass is 16.6. The van der Waals surface area contributed by atoms with E-state index in [0.29, 0.717) is 19.3 Å². The summed E-state index contributed by atoms with van der Waals surface area (Å²) >= 11 is 0. The number of esters is 2. The van der Waals surface area contributed by atoms with Crippen molar-refractivity contribution in [2.24, 2.45) is 0 Å². The van der Waals surface area contributed by atoms with Crippen LogP contribution in [0.25, 0.3) is 0 Å². The Kier molecular flexibility index (Phi) is 6.80. The Morgan fingerprint density at radius 1 is 1.00 bits per heavy atom. The topological polar surface area (TPSA) is 90.9 Å². The molecule has 1 aromatic carbocycles. The summed E-state index contributed by atoms with van der Waals surface area (Å²) in [6.07, 6.45) is -0.106. The van der Waals surface area contributed by atoms with Crippen molar-refractivity contribution in [2.75, 3.05) is 0 Å². The third kappa shape index (κ3) is 6.45. The van der Waals surface area contributed by atoms with Gasteiger partial charge in [0, 0.05) is 26.3 Å². The molecule has 0 radical (unpaired) electrons. The number of alkyl carbamates (subject to hydrolysis) is 1. The average Bonchev–Trinajstić information content (AvgIpc) is 2.55. The van der Waals surface area contributed by atoms with Crippen molar-refractivity contribution >= 4 is 18.0 Å². The minimum absolute atomic E-state index is 0.183. The molecule has 7 nitrogen and oxygen atoms in total. The molecule has 1 fully saturated rings. The SMILES string of the molecule is CC(=O)O[C@H]1CC[C@H](NC(=O)OCc2ccccc2)C[C@@H]1OC(C)=O. The normalized spacial score (nSPS) is 22.6. The molecular formula is C18H23NO6. The van der Waals surface area contributed by atoms with Crippen molar-refractivity contribution in [3.05, 3.63) is 35.9 Å². The van der Waals surface area contributed by atoms with Crippen molar-refractivity contribution in [3.63, 3.8) is 0 Å². The summed E-state index contributed by atoms with van der Waals surface area (Å²) in [4.78, 5) is 34.4. The molecule has 0 unspecified atom stereocenters. The van der Waals surface area contributed by atoms with E-state index in [1.807, 2.05) is 30.3 Å². The van der Waals surface area contributed by atoms with Gasteiger partial charge in [0.25, 0.3) is 0 Å². The van der Waals surface area contributed by atoms with Gasteiger partial charge in [0.15, 0.2) is 0 Å². The Hall–Kier alpha value is -2.57. The maximum atomic E-state index is 11.9. The van der Waals surface area contributed by atoms with Crippen LogP contribution in [0.4, 0.5) is 4.79 Å². The van der Waals surface area contributed by atoms with Gasteiger partial charge in [-0.2, -0.15) is 0 Å². The minimum Gasteiger partial charge on any atom is -0.459 e. The van der Waals surface area contributed by atoms with Crippen LogP contribution in [0.5, 0.6) is 0 Å². The number of ether oxygens (including phenoxy) is 3. The van der Waals surface area contributed by atoms with Crippen LogP contribution in [0.2, 0.25) is 0 Å². The monoisotopic (exact) mass is 349 g/mol. The predicted molar refractivity (Wildman–Crippen MR) is 88.5 cm³/mol. The zero-order valence-electron chi connectivity index (χ0n) is 14.4. The van der Waals surface area contributed by atoms with Crippen LogP contribution in [-0.4, -0.2) is 36.3 Å². The second kappa shape index (κ2) is 9.05. The van der Waals surface area contributed by atoms with Crippen LogP contribution in [-0.2, 0) is 30.4 Å². The van der Waals surface area contributed by atoms with E-state index in [9.17, 15) is 14.4 Å². The highest BCUT2D eigenvalue weighted by Crippen LogP contribution is 2.25. The fraction of sp³-hybridized carbons (Fsp3) is 0.500. The lowest BCUT2D eigenvalue weighted by Crippen LogP contribution is -2.47. The highest BCUT2D eigenvalue weighted by molar-refractivity contribution is 5.68. The van der Waals surface area contributed by atoms with E-state index in [2.05, 4.69) is 5.32 Å². The molecule has 7 heteroatoms. The molecule has 0 aliphatic heterocycles. The van der Waals surface area contributed by atoms with Crippen molar-refractivity contribution < 1.29 is 28.6 Å². The molecule has 0 spiro atoms. The van der Waals surface area contributed by atoms with Gasteiger partial charge in [0.1, 0.15) is 18.8 Å². The maximum Gasteiger partial charge on any atom is 0.407 e. The first-order chi connectivity index (χ1) is 11.9. The molecule has 1 N–H and O–H groups in total. The second-order valence-corrected chi connectivity index (χ2v) is 6.01. The zero-order valence-corrected chi connectivity index (χ0v) is 14.4. The smallest absolute Gasteiger partial charge is 0.407 e. The van der Waals surface area contributed by atoms with E-state index in [0.717, 1.165) is 5.56 Å². The van der Waals surface area contributed by atoms with Gasteiger partial charge < -0.3 is 19.5 Å². The number of carbonyl (C=O) groups excluding carboxylic acids is 3. The number of nitrogens with one attached hydrogen (secondary N) is 1. The van der Waals surface area contributed by atoms with Gasteiger partial charge in [-0.15, -0.1) is 0 Å². The fourth-order valence-electron chi connectivity index (χ4n) is 2.85. The third-order valence-electron chi connectivity index (χ3n) is 3.90. The summed E-state index contributed by atoms with van der Waals surface area (Å²) in [5.41, 5.74) is 0.897. The zero-order chi connectivity index (χ0) is 18.2. The Morgan fingerprint density at radius 2 is 1.64 bits per heavy atom. The van der Waals surface area contributed by atoms with Crippen LogP contribution in [0.15, 0.2) is 30.3 Å². The maximum absolute atomic E-state index is 11.9. The average molecular weight is 349 g/mol. The van der Waals surface area contributed by atoms with Crippen molar-refractivity contribution in [1.82, 2.24) is 5.32 Å². The van der Waals surface area contributed by atoms with Gasteiger partial charge in [0.2, 0.25) is 0 Å². The number of carbonyl (C=O) groups is 3. The standard InChI is InChI=1S/C18H23NO6/c1-12(20)24-16-9-8-15(10-17(16)25-13(2)21)19-18(22)23-11-14-6-4-3-5-7-14/h3-7,15-17H,8-11H2,1-2H3,(H,19,22)/t15-,16-,17-/m0/s1. The van der Waals surface area contributed by atoms with Gasteiger partial charge in [-0.05, 0) is 18.4 Å². The highest BCUT2D eigenvalue weighted by Gasteiger charge is 2.35. The number of amides is 1. The van der Waals surface area contributed by atoms with Crippen LogP contribution in [0, 0.1) is 0 Å². The van der Waals surface area contributed by atoms with Gasteiger partial charge >= 0.3 is 18.0 Å². The van der Waals surface area contributed by atoms with E-state index in [1.165, 1.54) is 13.8 Å². The van der Waals surface area contributed by atoms with Gasteiger partial charge in [-0.25, -0.2) is 4.79 Å². The van der Waals surface area contributed by atoms with Gasteiger partial charge in [-0.3, -0.25) is 9.59 Å². The largest absolute Gasteiger partial charge is 0.459 e. The summed E-state index contributed by atoms with van der Waals surface area (Å²) in [5.74, 6) is -0.870. The third-order valence-corrected chi connectivity index (χ3v) is 3.90. The summed E-state index contributed by atoms with van der Waals surface area (Å²) in [6.45, 7) is 2.80. The Labute approximate surface area is 146 Å². The lowest BCUT2D eigenvalue weighted by molar-refractivity contribution is -0.169. The first-order valence-corrected chi connectivity index (χ1v) is 8.25. The molecule has 2 rings (SSSR count). The van der Waals surface area contributed by atoms with Gasteiger partial charge in [0.05, 0.1) is 0 Å². The Morgan fingerprint density at radius 3 is 2.28 bits per heavy atom. The molecule has 0 saturated heterocycles. The van der Waals surface area contributed by atoms with Crippen LogP contribution in [0.1, 0.15) is 38.7 Å². The summed E-state index contributed by atoms with van der Waals surface area (Å²) in [5, 5.41) is 2.77. The minimum atomic E-state index is -0.574. The summed E-state index contributed by atoms with van der Waals surface area (Å²) < 4.78 is 15.6. The van der Waals surface area contributed by atoms with Crippen LogP contribution in [0.3, 0.4) is 0 Å². The predicted octanol–water partition coefficient (Wildman–Crippen LogP) is 2.33. The molecular weight excluding hydrogens is 326 g/mol. The quantitative estimate of drug-likeness (QED) is 0.648. The van der Waals surface area contributed by atoms with Crippen molar-refractivity contribution in [2.45, 2.75) is 58.0 Å². The van der Waals surface area contributed by atoms with E-state index < -0.39 is 30.2 Å². The molecule has 0 heterocycles. The lowest BCUT2D eigenvalue weighted by atomic mass is 9.90. The molecule has 0 bridgehead atoms. The van der Waals surface area contributed by atoms with E-state index in [4.69, 9.17) is 14.2 Å². The number of benzene rings is 1. The second-order valence-electron chi connectivity index (χ2n) is 6.01. The molecule has 1 saturated carbocycles. The lowest BCUT2D eigenvalue weighted by Gasteiger charge is -2.34. The van der Waals surface area contributed by atoms with Gasteiger partial charge in [-0.1, -0.05) is 30.3 Å². The number of rotatable bonds is 5. The molecule has 1 aliphatic carbocycles. The van der Waals surface area contributed by atoms with Crippen LogP contribution >= 0.6 is 0 Å². The van der Waals surface area contributed by atoms with Crippen molar-refractivity contribution in [3.8, 4) is 0 Å². The Balaban J connectivity index is 1.84. The first kappa shape index (κ1) is 18.8. The number of hydrogen-bond acceptors (Lipinski definition) is 6. The fourth-order valence-corrected chi connectivity index (χ4v) is 2.85. The molecule has 3 atom stereocenters. The molecule has 136 valence electrons. The van der Waals surface area contributed by atoms with Crippen LogP contribution < -0.4 is 5.32 Å². The number of hydrogen-bond donors (Lipinski definition) is 1. The molecule has 25 heavy (non-hydrogen) atoms. The van der Waals surface area contributed by atoms with Crippen molar-refractivity contribution in [1.29, 1.82) is 0 Å². The molecule has 1 aromatic rings.